The van der Waals surface area contributed by atoms with Crippen LogP contribution in [0, 0.1) is 0 Å². The summed E-state index contributed by atoms with van der Waals surface area (Å²) in [7, 11) is 1.66. The summed E-state index contributed by atoms with van der Waals surface area (Å²) < 4.78 is 5.36. The van der Waals surface area contributed by atoms with Gasteiger partial charge >= 0.3 is 0 Å². The molecule has 0 aliphatic rings. The van der Waals surface area contributed by atoms with Crippen LogP contribution < -0.4 is 10.1 Å². The molecule has 0 spiro atoms. The number of thiocarbonyl (C=S) groups is 1. The molecule has 0 amide bonds. The van der Waals surface area contributed by atoms with Crippen LogP contribution >= 0.6 is 12.2 Å². The molecule has 0 radical (unpaired) electrons. The zero-order valence-corrected chi connectivity index (χ0v) is 14.1. The van der Waals surface area contributed by atoms with E-state index in [9.17, 15) is 0 Å². The van der Waals surface area contributed by atoms with E-state index in [2.05, 4.69) is 36.2 Å². The van der Waals surface area contributed by atoms with Crippen molar-refractivity contribution >= 4 is 23.0 Å². The Bertz CT molecular complexity index is 613. The van der Waals surface area contributed by atoms with E-state index >= 15 is 0 Å². The maximum Gasteiger partial charge on any atom is 0.174 e. The van der Waals surface area contributed by atoms with Gasteiger partial charge in [-0.25, -0.2) is 0 Å². The molecule has 3 nitrogen and oxygen atoms in total. The largest absolute Gasteiger partial charge is 0.495 e. The van der Waals surface area contributed by atoms with E-state index in [0.717, 1.165) is 18.0 Å². The first-order valence-electron chi connectivity index (χ1n) is 7.36. The second kappa shape index (κ2) is 7.80. The van der Waals surface area contributed by atoms with Crippen molar-refractivity contribution in [2.24, 2.45) is 0 Å². The number of nitrogens with zero attached hydrogens (tertiary/aromatic N) is 1. The summed E-state index contributed by atoms with van der Waals surface area (Å²) in [6.45, 7) is 5.05. The van der Waals surface area contributed by atoms with Crippen molar-refractivity contribution in [2.75, 3.05) is 12.4 Å². The molecule has 2 rings (SSSR count). The van der Waals surface area contributed by atoms with Gasteiger partial charge in [-0.15, -0.1) is 0 Å². The Labute approximate surface area is 137 Å². The lowest BCUT2D eigenvalue weighted by molar-refractivity contribution is 0.347. The SMILES string of the molecule is COc1ccccc1NC(=S)N(Cc1ccccc1)C(C)C. The van der Waals surface area contributed by atoms with Gasteiger partial charge in [-0.3, -0.25) is 0 Å². The van der Waals surface area contributed by atoms with Gasteiger partial charge in [-0.2, -0.15) is 0 Å². The molecular weight excluding hydrogens is 292 g/mol. The predicted molar refractivity (Wildman–Crippen MR) is 96.3 cm³/mol. The lowest BCUT2D eigenvalue weighted by Gasteiger charge is -2.30. The van der Waals surface area contributed by atoms with Gasteiger partial charge in [0.1, 0.15) is 5.75 Å². The fraction of sp³-hybridized carbons (Fsp3) is 0.278. The lowest BCUT2D eigenvalue weighted by atomic mass is 10.2. The van der Waals surface area contributed by atoms with Gasteiger partial charge < -0.3 is 15.0 Å². The number of benzene rings is 2. The van der Waals surface area contributed by atoms with E-state index in [1.54, 1.807) is 7.11 Å². The van der Waals surface area contributed by atoms with Crippen molar-refractivity contribution in [3.8, 4) is 5.75 Å². The van der Waals surface area contributed by atoms with E-state index in [0.29, 0.717) is 11.2 Å². The normalized spacial score (nSPS) is 10.4. The van der Waals surface area contributed by atoms with Gasteiger partial charge in [0.05, 0.1) is 12.8 Å². The van der Waals surface area contributed by atoms with Crippen LogP contribution in [0.4, 0.5) is 5.69 Å². The van der Waals surface area contributed by atoms with Crippen molar-refractivity contribution in [1.29, 1.82) is 0 Å². The summed E-state index contributed by atoms with van der Waals surface area (Å²) in [6.07, 6.45) is 0. The number of nitrogens with one attached hydrogen (secondary N) is 1. The highest BCUT2D eigenvalue weighted by Gasteiger charge is 2.15. The average Bonchev–Trinajstić information content (AvgIpc) is 2.53. The van der Waals surface area contributed by atoms with Crippen LogP contribution in [-0.2, 0) is 6.54 Å². The average molecular weight is 314 g/mol. The Morgan fingerprint density at radius 3 is 2.36 bits per heavy atom. The highest BCUT2D eigenvalue weighted by atomic mass is 32.1. The summed E-state index contributed by atoms with van der Waals surface area (Å²) in [5.74, 6) is 0.785. The van der Waals surface area contributed by atoms with Gasteiger partial charge in [0, 0.05) is 12.6 Å². The number of hydrogen-bond acceptors (Lipinski definition) is 2. The third-order valence-corrected chi connectivity index (χ3v) is 3.77. The molecule has 0 aliphatic heterocycles. The monoisotopic (exact) mass is 314 g/mol. The zero-order chi connectivity index (χ0) is 15.9. The van der Waals surface area contributed by atoms with Crippen molar-refractivity contribution in [3.05, 3.63) is 60.2 Å². The summed E-state index contributed by atoms with van der Waals surface area (Å²) in [6, 6.07) is 18.4. The van der Waals surface area contributed by atoms with Crippen LogP contribution in [0.5, 0.6) is 5.75 Å². The number of para-hydroxylation sites is 2. The molecule has 2 aromatic rings. The van der Waals surface area contributed by atoms with E-state index in [1.807, 2.05) is 42.5 Å². The Hall–Kier alpha value is -2.07. The fourth-order valence-corrected chi connectivity index (χ4v) is 2.59. The smallest absolute Gasteiger partial charge is 0.174 e. The van der Waals surface area contributed by atoms with Gasteiger partial charge in [-0.1, -0.05) is 42.5 Å². The second-order valence-corrected chi connectivity index (χ2v) is 5.72. The van der Waals surface area contributed by atoms with Crippen LogP contribution in [0.1, 0.15) is 19.4 Å². The minimum Gasteiger partial charge on any atom is -0.495 e. The first-order chi connectivity index (χ1) is 10.6. The van der Waals surface area contributed by atoms with E-state index in [-0.39, 0.29) is 0 Å². The van der Waals surface area contributed by atoms with Crippen LogP contribution in [0.15, 0.2) is 54.6 Å². The van der Waals surface area contributed by atoms with Gasteiger partial charge in [-0.05, 0) is 43.8 Å². The van der Waals surface area contributed by atoms with E-state index in [4.69, 9.17) is 17.0 Å². The Kier molecular flexibility index (Phi) is 5.78. The maximum atomic E-state index is 5.60. The quantitative estimate of drug-likeness (QED) is 0.832. The van der Waals surface area contributed by atoms with Crippen molar-refractivity contribution < 1.29 is 4.74 Å². The van der Waals surface area contributed by atoms with Crippen LogP contribution in [0.2, 0.25) is 0 Å². The molecule has 22 heavy (non-hydrogen) atoms. The maximum absolute atomic E-state index is 5.60. The summed E-state index contributed by atoms with van der Waals surface area (Å²) >= 11 is 5.60. The van der Waals surface area contributed by atoms with Crippen molar-refractivity contribution in [3.63, 3.8) is 0 Å². The third kappa shape index (κ3) is 4.21. The minimum atomic E-state index is 0.301. The summed E-state index contributed by atoms with van der Waals surface area (Å²) in [4.78, 5) is 2.16. The molecule has 0 atom stereocenters. The first kappa shape index (κ1) is 16.3. The molecule has 0 aromatic heterocycles. The van der Waals surface area contributed by atoms with E-state index in [1.165, 1.54) is 5.56 Å². The van der Waals surface area contributed by atoms with Gasteiger partial charge in [0.25, 0.3) is 0 Å². The minimum absolute atomic E-state index is 0.301. The molecule has 1 N–H and O–H groups in total. The molecule has 0 fully saturated rings. The number of hydrogen-bond donors (Lipinski definition) is 1. The second-order valence-electron chi connectivity index (χ2n) is 5.34. The molecule has 0 aliphatic carbocycles. The molecule has 116 valence electrons. The Morgan fingerprint density at radius 1 is 1.09 bits per heavy atom. The lowest BCUT2D eigenvalue weighted by Crippen LogP contribution is -2.39. The summed E-state index contributed by atoms with van der Waals surface area (Å²) in [5.41, 5.74) is 2.12. The molecule has 0 heterocycles. The first-order valence-corrected chi connectivity index (χ1v) is 7.77. The van der Waals surface area contributed by atoms with Crippen LogP contribution in [-0.4, -0.2) is 23.2 Å². The van der Waals surface area contributed by atoms with Crippen LogP contribution in [0.3, 0.4) is 0 Å². The third-order valence-electron chi connectivity index (χ3n) is 3.43. The summed E-state index contributed by atoms with van der Waals surface area (Å²) in [5, 5.41) is 3.99. The molecule has 0 saturated heterocycles. The molecule has 2 aromatic carbocycles. The molecular formula is C18H22N2OS. The van der Waals surface area contributed by atoms with E-state index < -0.39 is 0 Å². The highest BCUT2D eigenvalue weighted by Crippen LogP contribution is 2.24. The Morgan fingerprint density at radius 2 is 1.73 bits per heavy atom. The molecule has 0 saturated carbocycles. The number of ether oxygens (including phenoxy) is 1. The van der Waals surface area contributed by atoms with Crippen molar-refractivity contribution in [2.45, 2.75) is 26.4 Å². The molecule has 0 unspecified atom stereocenters. The predicted octanol–water partition coefficient (Wildman–Crippen LogP) is 4.30. The number of methoxy groups -OCH3 is 1. The van der Waals surface area contributed by atoms with Gasteiger partial charge in [0.15, 0.2) is 5.11 Å². The topological polar surface area (TPSA) is 24.5 Å². The van der Waals surface area contributed by atoms with Crippen LogP contribution in [0.25, 0.3) is 0 Å². The Balaban J connectivity index is 2.13. The highest BCUT2D eigenvalue weighted by molar-refractivity contribution is 7.80. The molecule has 0 bridgehead atoms. The number of rotatable bonds is 5. The van der Waals surface area contributed by atoms with Gasteiger partial charge in [0.2, 0.25) is 0 Å². The zero-order valence-electron chi connectivity index (χ0n) is 13.2. The standard InChI is InChI=1S/C18H22N2OS/c1-14(2)20(13-15-9-5-4-6-10-15)18(22)19-16-11-7-8-12-17(16)21-3/h4-12,14H,13H2,1-3H3,(H,19,22). The fourth-order valence-electron chi connectivity index (χ4n) is 2.20. The van der Waals surface area contributed by atoms with Crippen molar-refractivity contribution in [1.82, 2.24) is 4.90 Å². The molecule has 4 heteroatoms. The number of anilines is 1.